The van der Waals surface area contributed by atoms with E-state index < -0.39 is 11.0 Å². The van der Waals surface area contributed by atoms with Gasteiger partial charge in [-0.1, -0.05) is 23.7 Å². The Morgan fingerprint density at radius 2 is 2.00 bits per heavy atom. The van der Waals surface area contributed by atoms with Gasteiger partial charge in [0.1, 0.15) is 5.75 Å². The minimum Gasteiger partial charge on any atom is -0.497 e. The van der Waals surface area contributed by atoms with Crippen LogP contribution in [-0.2, 0) is 0 Å². The maximum absolute atomic E-state index is 10.9. The summed E-state index contributed by atoms with van der Waals surface area (Å²) in [6.45, 7) is 0. The number of hydrogen-bond donors (Lipinski definition) is 1. The average Bonchev–Trinajstić information content (AvgIpc) is 2.45. The van der Waals surface area contributed by atoms with Crippen LogP contribution in [0.1, 0.15) is 17.2 Å². The van der Waals surface area contributed by atoms with E-state index in [1.54, 1.807) is 25.3 Å². The second-order valence-corrected chi connectivity index (χ2v) is 4.69. The summed E-state index contributed by atoms with van der Waals surface area (Å²) in [6.07, 6.45) is 0. The second-order valence-electron chi connectivity index (χ2n) is 4.25. The number of halogens is 1. The summed E-state index contributed by atoms with van der Waals surface area (Å²) < 4.78 is 5.14. The molecule has 0 saturated heterocycles. The van der Waals surface area contributed by atoms with E-state index in [9.17, 15) is 10.1 Å². The number of hydrogen-bond acceptors (Lipinski definition) is 4. The minimum absolute atomic E-state index is 0.0779. The first-order chi connectivity index (χ1) is 9.51. The van der Waals surface area contributed by atoms with Crippen LogP contribution in [0, 0.1) is 10.1 Å². The molecule has 0 aliphatic heterocycles. The molecule has 0 amide bonds. The Bertz CT molecular complexity index is 646. The highest BCUT2D eigenvalue weighted by molar-refractivity contribution is 6.30. The van der Waals surface area contributed by atoms with Crippen molar-refractivity contribution in [2.45, 2.75) is 6.04 Å². The number of nitro benzene ring substituents is 1. The number of ether oxygens (including phenoxy) is 1. The van der Waals surface area contributed by atoms with E-state index in [4.69, 9.17) is 22.1 Å². The molecule has 1 unspecified atom stereocenters. The predicted octanol–water partition coefficient (Wildman–Crippen LogP) is 3.30. The summed E-state index contributed by atoms with van der Waals surface area (Å²) >= 11 is 5.90. The average molecular weight is 293 g/mol. The van der Waals surface area contributed by atoms with Gasteiger partial charge in [0.2, 0.25) is 0 Å². The van der Waals surface area contributed by atoms with Crippen molar-refractivity contribution in [1.82, 2.24) is 0 Å². The molecule has 0 heterocycles. The van der Waals surface area contributed by atoms with Gasteiger partial charge < -0.3 is 10.5 Å². The van der Waals surface area contributed by atoms with E-state index in [-0.39, 0.29) is 10.7 Å². The summed E-state index contributed by atoms with van der Waals surface area (Å²) in [5.41, 5.74) is 7.44. The molecular formula is C14H13ClN2O3. The van der Waals surface area contributed by atoms with Gasteiger partial charge in [-0.3, -0.25) is 10.1 Å². The zero-order chi connectivity index (χ0) is 14.7. The normalized spacial score (nSPS) is 11.9. The maximum Gasteiger partial charge on any atom is 0.271 e. The number of nitro groups is 1. The van der Waals surface area contributed by atoms with Gasteiger partial charge in [-0.2, -0.15) is 0 Å². The van der Waals surface area contributed by atoms with E-state index in [1.807, 2.05) is 12.1 Å². The molecule has 2 aromatic carbocycles. The molecule has 0 aromatic heterocycles. The van der Waals surface area contributed by atoms with Crippen LogP contribution in [0.25, 0.3) is 0 Å². The third kappa shape index (κ3) is 3.07. The molecule has 0 aliphatic rings. The van der Waals surface area contributed by atoms with E-state index in [2.05, 4.69) is 0 Å². The Balaban J connectivity index is 2.41. The zero-order valence-electron chi connectivity index (χ0n) is 10.7. The standard InChI is InChI=1S/C14H13ClN2O3/c1-20-13-4-2-3-9(7-13)14(16)10-5-11(15)8-12(6-10)17(18)19/h2-8,14H,16H2,1H3. The molecule has 0 spiro atoms. The molecule has 2 aromatic rings. The van der Waals surface area contributed by atoms with Crippen molar-refractivity contribution in [2.75, 3.05) is 7.11 Å². The van der Waals surface area contributed by atoms with Crippen LogP contribution in [0.5, 0.6) is 5.75 Å². The van der Waals surface area contributed by atoms with Crippen molar-refractivity contribution in [3.05, 3.63) is 68.7 Å². The Hall–Kier alpha value is -2.11. The summed E-state index contributed by atoms with van der Waals surface area (Å²) in [4.78, 5) is 10.4. The van der Waals surface area contributed by atoms with Gasteiger partial charge in [0, 0.05) is 17.2 Å². The number of nitrogens with zero attached hydrogens (tertiary/aromatic N) is 1. The van der Waals surface area contributed by atoms with Crippen LogP contribution in [0.2, 0.25) is 5.02 Å². The van der Waals surface area contributed by atoms with Crippen molar-refractivity contribution >= 4 is 17.3 Å². The molecule has 104 valence electrons. The highest BCUT2D eigenvalue weighted by Gasteiger charge is 2.15. The number of benzene rings is 2. The summed E-state index contributed by atoms with van der Waals surface area (Å²) in [6, 6.07) is 11.1. The number of rotatable bonds is 4. The summed E-state index contributed by atoms with van der Waals surface area (Å²) in [5, 5.41) is 11.1. The molecule has 6 heteroatoms. The minimum atomic E-state index is -0.512. The molecule has 0 aliphatic carbocycles. The monoisotopic (exact) mass is 292 g/mol. The third-order valence-electron chi connectivity index (χ3n) is 2.93. The highest BCUT2D eigenvalue weighted by Crippen LogP contribution is 2.28. The van der Waals surface area contributed by atoms with Gasteiger partial charge in [0.05, 0.1) is 18.1 Å². The van der Waals surface area contributed by atoms with Crippen LogP contribution in [0.3, 0.4) is 0 Å². The lowest BCUT2D eigenvalue weighted by molar-refractivity contribution is -0.384. The number of nitrogens with two attached hydrogens (primary N) is 1. The molecule has 5 nitrogen and oxygen atoms in total. The predicted molar refractivity (Wildman–Crippen MR) is 77.1 cm³/mol. The largest absolute Gasteiger partial charge is 0.497 e. The van der Waals surface area contributed by atoms with Gasteiger partial charge in [-0.15, -0.1) is 0 Å². The van der Waals surface area contributed by atoms with Crippen LogP contribution in [-0.4, -0.2) is 12.0 Å². The van der Waals surface area contributed by atoms with Gasteiger partial charge in [0.15, 0.2) is 0 Å². The van der Waals surface area contributed by atoms with Crippen LogP contribution < -0.4 is 10.5 Å². The van der Waals surface area contributed by atoms with E-state index in [0.29, 0.717) is 11.3 Å². The topological polar surface area (TPSA) is 78.4 Å². The fraction of sp³-hybridized carbons (Fsp3) is 0.143. The first-order valence-corrected chi connectivity index (χ1v) is 6.23. The third-order valence-corrected chi connectivity index (χ3v) is 3.15. The van der Waals surface area contributed by atoms with Gasteiger partial charge in [0.25, 0.3) is 5.69 Å². The smallest absolute Gasteiger partial charge is 0.271 e. The second kappa shape index (κ2) is 5.90. The van der Waals surface area contributed by atoms with Crippen molar-refractivity contribution in [3.63, 3.8) is 0 Å². The lowest BCUT2D eigenvalue weighted by atomic mass is 9.99. The molecule has 1 atom stereocenters. The highest BCUT2D eigenvalue weighted by atomic mass is 35.5. The molecule has 0 bridgehead atoms. The number of methoxy groups -OCH3 is 1. The molecule has 20 heavy (non-hydrogen) atoms. The summed E-state index contributed by atoms with van der Waals surface area (Å²) in [7, 11) is 1.56. The molecular weight excluding hydrogens is 280 g/mol. The van der Waals surface area contributed by atoms with Crippen molar-refractivity contribution < 1.29 is 9.66 Å². The lowest BCUT2D eigenvalue weighted by Gasteiger charge is -2.14. The van der Waals surface area contributed by atoms with Gasteiger partial charge in [-0.05, 0) is 29.3 Å². The Morgan fingerprint density at radius 3 is 2.65 bits per heavy atom. The lowest BCUT2D eigenvalue weighted by Crippen LogP contribution is -2.12. The Kier molecular flexibility index (Phi) is 4.22. The molecule has 0 saturated carbocycles. The number of non-ortho nitro benzene ring substituents is 1. The van der Waals surface area contributed by atoms with Crippen molar-refractivity contribution in [2.24, 2.45) is 5.73 Å². The van der Waals surface area contributed by atoms with Crippen molar-refractivity contribution in [1.29, 1.82) is 0 Å². The van der Waals surface area contributed by atoms with Crippen LogP contribution in [0.15, 0.2) is 42.5 Å². The van der Waals surface area contributed by atoms with E-state index >= 15 is 0 Å². The quantitative estimate of drug-likeness (QED) is 0.692. The van der Waals surface area contributed by atoms with Crippen LogP contribution in [0.4, 0.5) is 5.69 Å². The van der Waals surface area contributed by atoms with Gasteiger partial charge >= 0.3 is 0 Å². The van der Waals surface area contributed by atoms with E-state index in [1.165, 1.54) is 12.1 Å². The van der Waals surface area contributed by atoms with Gasteiger partial charge in [-0.25, -0.2) is 0 Å². The first-order valence-electron chi connectivity index (χ1n) is 5.85. The van der Waals surface area contributed by atoms with Crippen LogP contribution >= 0.6 is 11.6 Å². The molecule has 0 radical (unpaired) electrons. The SMILES string of the molecule is COc1cccc(C(N)c2cc(Cl)cc([N+](=O)[O-])c2)c1. The molecule has 0 fully saturated rings. The fourth-order valence-electron chi connectivity index (χ4n) is 1.91. The molecule has 2 N–H and O–H groups in total. The first kappa shape index (κ1) is 14.3. The zero-order valence-corrected chi connectivity index (χ0v) is 11.5. The fourth-order valence-corrected chi connectivity index (χ4v) is 2.15. The Labute approximate surface area is 121 Å². The molecule has 2 rings (SSSR count). The van der Waals surface area contributed by atoms with Crippen molar-refractivity contribution in [3.8, 4) is 5.75 Å². The Morgan fingerprint density at radius 1 is 1.25 bits per heavy atom. The summed E-state index contributed by atoms with van der Waals surface area (Å²) in [5.74, 6) is 0.675. The van der Waals surface area contributed by atoms with E-state index in [0.717, 1.165) is 5.56 Å². The maximum atomic E-state index is 10.9.